The van der Waals surface area contributed by atoms with Crippen LogP contribution in [0, 0.1) is 23.6 Å². The van der Waals surface area contributed by atoms with Gasteiger partial charge in [-0.05, 0) is 111 Å². The van der Waals surface area contributed by atoms with Gasteiger partial charge in [0.2, 0.25) is 0 Å². The van der Waals surface area contributed by atoms with E-state index in [9.17, 15) is 19.1 Å². The summed E-state index contributed by atoms with van der Waals surface area (Å²) < 4.78 is 20.1. The van der Waals surface area contributed by atoms with Crippen LogP contribution in [-0.4, -0.2) is 34.6 Å². The van der Waals surface area contributed by atoms with E-state index in [2.05, 4.69) is 29.6 Å². The van der Waals surface area contributed by atoms with Gasteiger partial charge in [-0.3, -0.25) is 0 Å². The van der Waals surface area contributed by atoms with Crippen molar-refractivity contribution in [2.45, 2.75) is 82.1 Å². The summed E-state index contributed by atoms with van der Waals surface area (Å²) in [5, 5.41) is 11.8. The number of rotatable bonds is 8. The number of halogens is 1. The Morgan fingerprint density at radius 3 is 2.13 bits per heavy atom. The average Bonchev–Trinajstić information content (AvgIpc) is 2.82. The number of carboxylic acid groups (broad SMARTS) is 1. The number of ether oxygens (including phenoxy) is 1. The molecule has 7 heteroatoms. The van der Waals surface area contributed by atoms with Crippen LogP contribution in [0.25, 0.3) is 11.1 Å². The molecule has 4 fully saturated rings. The molecule has 0 aromatic heterocycles. The van der Waals surface area contributed by atoms with Crippen molar-refractivity contribution in [3.05, 3.63) is 59.4 Å². The Morgan fingerprint density at radius 2 is 1.61 bits per heavy atom. The molecule has 2 aromatic carbocycles. The van der Waals surface area contributed by atoms with E-state index < -0.39 is 23.7 Å². The lowest BCUT2D eigenvalue weighted by Crippen LogP contribution is -2.48. The van der Waals surface area contributed by atoms with Gasteiger partial charge in [0, 0.05) is 11.5 Å². The molecule has 2 aromatic rings. The number of carbonyl (C=O) groups is 2. The van der Waals surface area contributed by atoms with Crippen LogP contribution in [-0.2, 0) is 20.7 Å². The second kappa shape index (κ2) is 10.6. The molecule has 2 N–H and O–H groups in total. The Labute approximate surface area is 228 Å². The maximum Gasteiger partial charge on any atom is 0.408 e. The highest BCUT2D eigenvalue weighted by atomic mass is 32.2. The summed E-state index contributed by atoms with van der Waals surface area (Å²) >= 11 is 1.26. The lowest BCUT2D eigenvalue weighted by molar-refractivity contribution is -0.138. The molecule has 4 bridgehead atoms. The van der Waals surface area contributed by atoms with E-state index in [0.29, 0.717) is 16.7 Å². The smallest absolute Gasteiger partial charge is 0.408 e. The van der Waals surface area contributed by atoms with Crippen LogP contribution in [0.3, 0.4) is 0 Å². The molecule has 6 rings (SSSR count). The zero-order chi connectivity index (χ0) is 27.1. The Morgan fingerprint density at radius 1 is 1.03 bits per heavy atom. The molecule has 5 nitrogen and oxygen atoms in total. The number of hydrogen-bond acceptors (Lipinski definition) is 4. The summed E-state index contributed by atoms with van der Waals surface area (Å²) in [5.74, 6) is 1.64. The predicted molar refractivity (Wildman–Crippen MR) is 149 cm³/mol. The van der Waals surface area contributed by atoms with Crippen LogP contribution in [0.2, 0.25) is 0 Å². The Hall–Kier alpha value is -2.54. The van der Waals surface area contributed by atoms with Crippen molar-refractivity contribution in [2.75, 3.05) is 5.75 Å². The third kappa shape index (κ3) is 6.03. The first-order valence-corrected chi connectivity index (χ1v) is 14.8. The molecular weight excluding hydrogens is 501 g/mol. The number of hydrogen-bond donors (Lipinski definition) is 2. The molecular formula is C31H38FNO4S. The molecule has 1 atom stereocenters. The van der Waals surface area contributed by atoms with Gasteiger partial charge in [0.05, 0.1) is 0 Å². The van der Waals surface area contributed by atoms with E-state index in [1.807, 2.05) is 6.07 Å². The Kier molecular flexibility index (Phi) is 7.51. The minimum absolute atomic E-state index is 0.0988. The third-order valence-electron chi connectivity index (χ3n) is 8.45. The van der Waals surface area contributed by atoms with E-state index in [4.69, 9.17) is 4.74 Å². The molecule has 38 heavy (non-hydrogen) atoms. The number of aliphatic carboxylic acids is 1. The van der Waals surface area contributed by atoms with Crippen LogP contribution >= 0.6 is 11.8 Å². The second-order valence-corrected chi connectivity index (χ2v) is 13.7. The van der Waals surface area contributed by atoms with Crippen molar-refractivity contribution in [3.63, 3.8) is 0 Å². The van der Waals surface area contributed by atoms with Crippen LogP contribution < -0.4 is 5.32 Å². The van der Waals surface area contributed by atoms with Crippen LogP contribution in [0.1, 0.15) is 70.4 Å². The molecule has 1 unspecified atom stereocenters. The summed E-state index contributed by atoms with van der Waals surface area (Å²) in [6.07, 6.45) is 7.49. The summed E-state index contributed by atoms with van der Waals surface area (Å²) in [5.41, 5.74) is 3.44. The highest BCUT2D eigenvalue weighted by Crippen LogP contribution is 2.60. The first-order valence-electron chi connectivity index (χ1n) is 13.7. The van der Waals surface area contributed by atoms with Gasteiger partial charge >= 0.3 is 12.1 Å². The summed E-state index contributed by atoms with van der Waals surface area (Å²) in [4.78, 5) is 23.5. The van der Waals surface area contributed by atoms with Crippen molar-refractivity contribution >= 4 is 23.8 Å². The Balaban J connectivity index is 1.19. The zero-order valence-corrected chi connectivity index (χ0v) is 23.3. The molecule has 0 radical (unpaired) electrons. The number of carbonyl (C=O) groups excluding carboxylic acids is 1. The standard InChI is InChI=1S/C31H38FNO4S/c1-30(2,3)37-29(36)33-27(28(34)35)18-38-17-24-5-4-23(13-26(24)32)22-6-8-25(9-7-22)31-14-19-10-20(15-31)12-21(11-19)16-31/h4-9,13,19-21,27H,10-12,14-18H2,1-3H3,(H,33,36)(H,34,35). The van der Waals surface area contributed by atoms with Gasteiger partial charge in [0.25, 0.3) is 0 Å². The molecule has 0 spiro atoms. The minimum atomic E-state index is -1.16. The average molecular weight is 540 g/mol. The number of nitrogens with one attached hydrogen (secondary N) is 1. The lowest BCUT2D eigenvalue weighted by Gasteiger charge is -2.57. The van der Waals surface area contributed by atoms with Crippen molar-refractivity contribution in [3.8, 4) is 11.1 Å². The van der Waals surface area contributed by atoms with Crippen molar-refractivity contribution in [2.24, 2.45) is 17.8 Å². The molecule has 0 saturated heterocycles. The summed E-state index contributed by atoms with van der Waals surface area (Å²) in [6, 6.07) is 12.9. The maximum absolute atomic E-state index is 15.0. The summed E-state index contributed by atoms with van der Waals surface area (Å²) in [7, 11) is 0. The number of amides is 1. The number of benzene rings is 2. The maximum atomic E-state index is 15.0. The number of alkyl carbamates (subject to hydrolysis) is 1. The van der Waals surface area contributed by atoms with Gasteiger partial charge in [-0.1, -0.05) is 36.4 Å². The van der Waals surface area contributed by atoms with E-state index in [1.165, 1.54) is 55.9 Å². The first kappa shape index (κ1) is 27.0. The quantitative estimate of drug-likeness (QED) is 0.372. The van der Waals surface area contributed by atoms with E-state index in [-0.39, 0.29) is 11.6 Å². The predicted octanol–water partition coefficient (Wildman–Crippen LogP) is 7.17. The zero-order valence-electron chi connectivity index (χ0n) is 22.5. The fraction of sp³-hybridized carbons (Fsp3) is 0.548. The number of thioether (sulfide) groups is 1. The molecule has 4 saturated carbocycles. The van der Waals surface area contributed by atoms with Crippen molar-refractivity contribution < 1.29 is 23.8 Å². The SMILES string of the molecule is CC(C)(C)OC(=O)NC(CSCc1ccc(-c2ccc(C34CC5CC(CC(C5)C3)C4)cc2)cc1F)C(=O)O. The molecule has 0 aliphatic heterocycles. The highest BCUT2D eigenvalue weighted by Gasteiger charge is 2.51. The molecule has 204 valence electrons. The van der Waals surface area contributed by atoms with Gasteiger partial charge in [0.1, 0.15) is 17.5 Å². The van der Waals surface area contributed by atoms with Gasteiger partial charge in [-0.15, -0.1) is 0 Å². The Bertz CT molecular complexity index is 1150. The topological polar surface area (TPSA) is 75.6 Å². The monoisotopic (exact) mass is 539 g/mol. The van der Waals surface area contributed by atoms with Gasteiger partial charge in [-0.2, -0.15) is 11.8 Å². The number of carboxylic acids is 1. The first-order chi connectivity index (χ1) is 18.0. The third-order valence-corrected chi connectivity index (χ3v) is 9.54. The van der Waals surface area contributed by atoms with Crippen LogP contribution in [0.4, 0.5) is 9.18 Å². The molecule has 4 aliphatic carbocycles. The van der Waals surface area contributed by atoms with Crippen LogP contribution in [0.5, 0.6) is 0 Å². The van der Waals surface area contributed by atoms with Gasteiger partial charge < -0.3 is 15.2 Å². The van der Waals surface area contributed by atoms with Crippen molar-refractivity contribution in [1.82, 2.24) is 5.32 Å². The minimum Gasteiger partial charge on any atom is -0.480 e. The highest BCUT2D eigenvalue weighted by molar-refractivity contribution is 7.98. The van der Waals surface area contributed by atoms with Crippen molar-refractivity contribution in [1.29, 1.82) is 0 Å². The molecule has 4 aliphatic rings. The lowest BCUT2D eigenvalue weighted by atomic mass is 9.48. The molecule has 0 heterocycles. The molecule has 1 amide bonds. The van der Waals surface area contributed by atoms with Gasteiger partial charge in [0.15, 0.2) is 0 Å². The van der Waals surface area contributed by atoms with E-state index >= 15 is 0 Å². The normalized spacial score (nSPS) is 26.7. The second-order valence-electron chi connectivity index (χ2n) is 12.6. The largest absolute Gasteiger partial charge is 0.480 e. The van der Waals surface area contributed by atoms with Crippen LogP contribution in [0.15, 0.2) is 42.5 Å². The van der Waals surface area contributed by atoms with E-state index in [0.717, 1.165) is 28.9 Å². The van der Waals surface area contributed by atoms with E-state index in [1.54, 1.807) is 32.9 Å². The van der Waals surface area contributed by atoms with Gasteiger partial charge in [-0.25, -0.2) is 14.0 Å². The summed E-state index contributed by atoms with van der Waals surface area (Å²) in [6.45, 7) is 5.13. The fourth-order valence-electron chi connectivity index (χ4n) is 7.24. The fourth-order valence-corrected chi connectivity index (χ4v) is 8.27.